The van der Waals surface area contributed by atoms with E-state index in [0.29, 0.717) is 18.2 Å². The summed E-state index contributed by atoms with van der Waals surface area (Å²) in [5.74, 6) is -0.269. The number of hydrogen-bond acceptors (Lipinski definition) is 2. The molecule has 1 aromatic rings. The molecule has 0 aliphatic heterocycles. The highest BCUT2D eigenvalue weighted by Gasteiger charge is 2.14. The Bertz CT molecular complexity index is 379. The Labute approximate surface area is 101 Å². The molecule has 0 aromatic heterocycles. The van der Waals surface area contributed by atoms with Gasteiger partial charge < -0.3 is 10.1 Å². The minimum Gasteiger partial charge on any atom is -0.368 e. The van der Waals surface area contributed by atoms with Crippen LogP contribution in [0.4, 0.5) is 10.1 Å². The second-order valence-electron chi connectivity index (χ2n) is 4.37. The molecule has 4 heteroatoms. The van der Waals surface area contributed by atoms with Gasteiger partial charge in [0, 0.05) is 12.3 Å². The van der Waals surface area contributed by atoms with Crippen molar-refractivity contribution in [3.63, 3.8) is 0 Å². The summed E-state index contributed by atoms with van der Waals surface area (Å²) in [7, 11) is 0. The number of nitrogens with one attached hydrogen (secondary N) is 1. The lowest BCUT2D eigenvalue weighted by atomic mass is 10.2. The molecular weight excluding hydrogens is 221 g/mol. The minimum absolute atomic E-state index is 0.267. The van der Waals surface area contributed by atoms with Gasteiger partial charge in [-0.2, -0.15) is 0 Å². The Balaban J connectivity index is 2.48. The first-order chi connectivity index (χ1) is 7.99. The Hall–Kier alpha value is -1.42. The average molecular weight is 239 g/mol. The van der Waals surface area contributed by atoms with E-state index in [9.17, 15) is 9.18 Å². The number of benzene rings is 1. The zero-order valence-corrected chi connectivity index (χ0v) is 10.4. The number of carbonyl (C=O) groups is 1. The Morgan fingerprint density at radius 2 is 2.12 bits per heavy atom. The summed E-state index contributed by atoms with van der Waals surface area (Å²) < 4.78 is 18.3. The SMILES string of the molecule is CC(C)CO[C@@H](C)C(=O)Nc1cccc(F)c1. The number of carbonyl (C=O) groups excluding carboxylic acids is 1. The van der Waals surface area contributed by atoms with Crippen molar-refractivity contribution in [2.45, 2.75) is 26.9 Å². The highest BCUT2D eigenvalue weighted by Crippen LogP contribution is 2.10. The molecule has 1 atom stereocenters. The van der Waals surface area contributed by atoms with Gasteiger partial charge in [0.05, 0.1) is 0 Å². The summed E-state index contributed by atoms with van der Waals surface area (Å²) in [6.07, 6.45) is -0.541. The van der Waals surface area contributed by atoms with Crippen LogP contribution < -0.4 is 5.32 Å². The summed E-state index contributed by atoms with van der Waals surface area (Å²) >= 11 is 0. The zero-order valence-electron chi connectivity index (χ0n) is 10.4. The molecule has 0 bridgehead atoms. The molecule has 0 fully saturated rings. The van der Waals surface area contributed by atoms with Crippen molar-refractivity contribution < 1.29 is 13.9 Å². The minimum atomic E-state index is -0.541. The molecule has 1 aromatic carbocycles. The van der Waals surface area contributed by atoms with Gasteiger partial charge in [0.1, 0.15) is 11.9 Å². The van der Waals surface area contributed by atoms with Crippen LogP contribution in [0, 0.1) is 11.7 Å². The average Bonchev–Trinajstić information content (AvgIpc) is 2.25. The van der Waals surface area contributed by atoms with Gasteiger partial charge in [0.25, 0.3) is 5.91 Å². The monoisotopic (exact) mass is 239 g/mol. The van der Waals surface area contributed by atoms with Gasteiger partial charge in [0.15, 0.2) is 0 Å². The van der Waals surface area contributed by atoms with Crippen LogP contribution in [0.25, 0.3) is 0 Å². The molecule has 1 rings (SSSR count). The standard InChI is InChI=1S/C13H18FNO2/c1-9(2)8-17-10(3)13(16)15-12-6-4-5-11(14)7-12/h4-7,9-10H,8H2,1-3H3,(H,15,16)/t10-/m0/s1. The lowest BCUT2D eigenvalue weighted by molar-refractivity contribution is -0.126. The van der Waals surface area contributed by atoms with E-state index in [2.05, 4.69) is 5.32 Å². The number of rotatable bonds is 5. The number of amides is 1. The fraction of sp³-hybridized carbons (Fsp3) is 0.462. The lowest BCUT2D eigenvalue weighted by Gasteiger charge is -2.14. The van der Waals surface area contributed by atoms with Gasteiger partial charge in [-0.15, -0.1) is 0 Å². The van der Waals surface area contributed by atoms with E-state index in [1.807, 2.05) is 13.8 Å². The van der Waals surface area contributed by atoms with Crippen LogP contribution in [0.5, 0.6) is 0 Å². The third-order valence-corrected chi connectivity index (χ3v) is 2.14. The molecule has 0 radical (unpaired) electrons. The maximum Gasteiger partial charge on any atom is 0.253 e. The molecule has 1 amide bonds. The fourth-order valence-electron chi connectivity index (χ4n) is 1.22. The van der Waals surface area contributed by atoms with Crippen LogP contribution in [0.1, 0.15) is 20.8 Å². The number of ether oxygens (including phenoxy) is 1. The maximum atomic E-state index is 12.9. The van der Waals surface area contributed by atoms with Crippen LogP contribution in [-0.2, 0) is 9.53 Å². The molecule has 0 aliphatic carbocycles. The van der Waals surface area contributed by atoms with E-state index in [-0.39, 0.29) is 11.7 Å². The molecule has 1 N–H and O–H groups in total. The van der Waals surface area contributed by atoms with Crippen molar-refractivity contribution in [2.24, 2.45) is 5.92 Å². The molecule has 94 valence electrons. The summed E-state index contributed by atoms with van der Waals surface area (Å²) in [4.78, 5) is 11.7. The van der Waals surface area contributed by atoms with Gasteiger partial charge in [-0.1, -0.05) is 19.9 Å². The Kier molecular flexibility index (Phi) is 5.10. The molecule has 0 heterocycles. The van der Waals surface area contributed by atoms with Crippen LogP contribution in [-0.4, -0.2) is 18.6 Å². The highest BCUT2D eigenvalue weighted by molar-refractivity contribution is 5.93. The molecule has 17 heavy (non-hydrogen) atoms. The lowest BCUT2D eigenvalue weighted by Crippen LogP contribution is -2.28. The van der Waals surface area contributed by atoms with E-state index < -0.39 is 6.10 Å². The van der Waals surface area contributed by atoms with Crippen molar-refractivity contribution in [2.75, 3.05) is 11.9 Å². The van der Waals surface area contributed by atoms with Crippen molar-refractivity contribution >= 4 is 11.6 Å². The number of halogens is 1. The molecule has 0 saturated heterocycles. The summed E-state index contributed by atoms with van der Waals surface area (Å²) in [6, 6.07) is 5.78. The van der Waals surface area contributed by atoms with Crippen molar-refractivity contribution in [1.82, 2.24) is 0 Å². The molecular formula is C13H18FNO2. The second-order valence-corrected chi connectivity index (χ2v) is 4.37. The van der Waals surface area contributed by atoms with Crippen molar-refractivity contribution in [3.8, 4) is 0 Å². The molecule has 0 saturated carbocycles. The van der Waals surface area contributed by atoms with Gasteiger partial charge in [-0.25, -0.2) is 4.39 Å². The van der Waals surface area contributed by atoms with Gasteiger partial charge in [-0.05, 0) is 31.0 Å². The van der Waals surface area contributed by atoms with E-state index in [4.69, 9.17) is 4.74 Å². The van der Waals surface area contributed by atoms with Crippen LogP contribution in [0.2, 0.25) is 0 Å². The smallest absolute Gasteiger partial charge is 0.253 e. The topological polar surface area (TPSA) is 38.3 Å². The molecule has 0 unspecified atom stereocenters. The third-order valence-electron chi connectivity index (χ3n) is 2.14. The molecule has 3 nitrogen and oxygen atoms in total. The van der Waals surface area contributed by atoms with Crippen LogP contribution in [0.3, 0.4) is 0 Å². The van der Waals surface area contributed by atoms with Gasteiger partial charge in [-0.3, -0.25) is 4.79 Å². The van der Waals surface area contributed by atoms with Crippen molar-refractivity contribution in [1.29, 1.82) is 0 Å². The van der Waals surface area contributed by atoms with Crippen LogP contribution in [0.15, 0.2) is 24.3 Å². The van der Waals surface area contributed by atoms with Crippen molar-refractivity contribution in [3.05, 3.63) is 30.1 Å². The largest absolute Gasteiger partial charge is 0.368 e. The maximum absolute atomic E-state index is 12.9. The summed E-state index contributed by atoms with van der Waals surface area (Å²) in [5, 5.41) is 2.60. The summed E-state index contributed by atoms with van der Waals surface area (Å²) in [5.41, 5.74) is 0.440. The molecule has 0 aliphatic rings. The first-order valence-electron chi connectivity index (χ1n) is 5.67. The van der Waals surface area contributed by atoms with E-state index in [0.717, 1.165) is 0 Å². The first kappa shape index (κ1) is 13.6. The van der Waals surface area contributed by atoms with E-state index >= 15 is 0 Å². The normalized spacial score (nSPS) is 12.5. The van der Waals surface area contributed by atoms with Gasteiger partial charge >= 0.3 is 0 Å². The fourth-order valence-corrected chi connectivity index (χ4v) is 1.22. The van der Waals surface area contributed by atoms with E-state index in [1.54, 1.807) is 19.1 Å². The third kappa shape index (κ3) is 4.95. The highest BCUT2D eigenvalue weighted by atomic mass is 19.1. The Morgan fingerprint density at radius 1 is 1.41 bits per heavy atom. The summed E-state index contributed by atoms with van der Waals surface area (Å²) in [6.45, 7) is 6.23. The van der Waals surface area contributed by atoms with Crippen LogP contribution >= 0.6 is 0 Å². The first-order valence-corrected chi connectivity index (χ1v) is 5.67. The van der Waals surface area contributed by atoms with E-state index in [1.165, 1.54) is 12.1 Å². The second kappa shape index (κ2) is 6.35. The predicted octanol–water partition coefficient (Wildman–Crippen LogP) is 2.83. The molecule has 0 spiro atoms. The Morgan fingerprint density at radius 3 is 2.71 bits per heavy atom. The number of anilines is 1. The zero-order chi connectivity index (χ0) is 12.8. The quantitative estimate of drug-likeness (QED) is 0.858. The van der Waals surface area contributed by atoms with Gasteiger partial charge in [0.2, 0.25) is 0 Å². The number of hydrogen-bond donors (Lipinski definition) is 1. The predicted molar refractivity (Wildman–Crippen MR) is 65.3 cm³/mol.